The molecule has 0 fully saturated rings. The summed E-state index contributed by atoms with van der Waals surface area (Å²) in [5, 5.41) is 12.7. The van der Waals surface area contributed by atoms with Crippen molar-refractivity contribution >= 4 is 21.6 Å². The lowest BCUT2D eigenvalue weighted by molar-refractivity contribution is 0.281. The minimum atomic E-state index is -3.83. The highest BCUT2D eigenvalue weighted by Gasteiger charge is 2.19. The first-order valence-electron chi connectivity index (χ1n) is 5.60. The molecule has 2 aromatic rings. The number of sulfonamides is 1. The van der Waals surface area contributed by atoms with Gasteiger partial charge in [-0.3, -0.25) is 0 Å². The third kappa shape index (κ3) is 3.34. The van der Waals surface area contributed by atoms with Crippen molar-refractivity contribution in [3.05, 3.63) is 40.5 Å². The molecule has 0 amide bonds. The summed E-state index contributed by atoms with van der Waals surface area (Å²) in [6.45, 7) is 1.22. The summed E-state index contributed by atoms with van der Waals surface area (Å²) in [6.07, 6.45) is 0. The van der Waals surface area contributed by atoms with Crippen LogP contribution in [0.4, 0.5) is 0 Å². The number of nitrogens with zero attached hydrogens (tertiary/aromatic N) is 2. The highest BCUT2D eigenvalue weighted by atomic mass is 35.5. The average Bonchev–Trinajstić information content (AvgIpc) is 2.83. The van der Waals surface area contributed by atoms with Crippen molar-refractivity contribution in [2.45, 2.75) is 25.0 Å². The molecule has 0 aliphatic heterocycles. The van der Waals surface area contributed by atoms with Crippen LogP contribution >= 0.6 is 11.6 Å². The van der Waals surface area contributed by atoms with Gasteiger partial charge in [-0.2, -0.15) is 4.98 Å². The molecule has 0 atom stereocenters. The summed E-state index contributed by atoms with van der Waals surface area (Å²) in [4.78, 5) is 3.78. The number of aliphatic hydroxyl groups is 1. The molecule has 108 valence electrons. The van der Waals surface area contributed by atoms with Crippen LogP contribution in [0.25, 0.3) is 0 Å². The van der Waals surface area contributed by atoms with Crippen LogP contribution in [0.2, 0.25) is 5.02 Å². The van der Waals surface area contributed by atoms with Crippen LogP contribution in [0.5, 0.6) is 0 Å². The fourth-order valence-corrected chi connectivity index (χ4v) is 3.03. The highest BCUT2D eigenvalue weighted by molar-refractivity contribution is 7.89. The Labute approximate surface area is 120 Å². The van der Waals surface area contributed by atoms with Crippen molar-refractivity contribution < 1.29 is 18.0 Å². The first kappa shape index (κ1) is 14.9. The highest BCUT2D eigenvalue weighted by Crippen LogP contribution is 2.22. The number of aryl methyl sites for hydroxylation is 1. The predicted octanol–water partition coefficient (Wildman–Crippen LogP) is 1.00. The number of aliphatic hydroxyl groups excluding tert-OH is 1. The Hall–Kier alpha value is -1.48. The van der Waals surface area contributed by atoms with Crippen molar-refractivity contribution in [1.82, 2.24) is 14.9 Å². The average molecular weight is 318 g/mol. The molecule has 1 heterocycles. The number of aromatic nitrogens is 2. The number of nitrogens with one attached hydrogen (secondary N) is 1. The third-order valence-corrected chi connectivity index (χ3v) is 4.34. The van der Waals surface area contributed by atoms with Gasteiger partial charge in [0, 0.05) is 6.92 Å². The first-order valence-corrected chi connectivity index (χ1v) is 7.46. The van der Waals surface area contributed by atoms with E-state index in [1.807, 2.05) is 0 Å². The molecular weight excluding hydrogens is 306 g/mol. The molecule has 7 nitrogen and oxygen atoms in total. The van der Waals surface area contributed by atoms with E-state index >= 15 is 0 Å². The summed E-state index contributed by atoms with van der Waals surface area (Å²) < 4.78 is 31.3. The molecule has 2 rings (SSSR count). The fourth-order valence-electron chi connectivity index (χ4n) is 1.50. The number of benzene rings is 1. The number of hydrogen-bond donors (Lipinski definition) is 2. The Morgan fingerprint density at radius 3 is 2.80 bits per heavy atom. The van der Waals surface area contributed by atoms with Gasteiger partial charge in [0.25, 0.3) is 0 Å². The van der Waals surface area contributed by atoms with E-state index in [1.54, 1.807) is 13.0 Å². The Balaban J connectivity index is 2.21. The van der Waals surface area contributed by atoms with Gasteiger partial charge in [0.2, 0.25) is 15.9 Å². The Bertz CT molecular complexity index is 714. The second-order valence-corrected chi connectivity index (χ2v) is 6.12. The summed E-state index contributed by atoms with van der Waals surface area (Å²) >= 11 is 5.87. The Morgan fingerprint density at radius 1 is 1.45 bits per heavy atom. The van der Waals surface area contributed by atoms with E-state index in [9.17, 15) is 8.42 Å². The van der Waals surface area contributed by atoms with Crippen molar-refractivity contribution in [3.8, 4) is 0 Å². The van der Waals surface area contributed by atoms with Crippen LogP contribution in [-0.2, 0) is 23.2 Å². The normalized spacial score (nSPS) is 11.8. The van der Waals surface area contributed by atoms with E-state index in [0.717, 1.165) is 0 Å². The summed E-state index contributed by atoms with van der Waals surface area (Å²) in [5.74, 6) is 0.569. The maximum absolute atomic E-state index is 12.1. The summed E-state index contributed by atoms with van der Waals surface area (Å²) in [7, 11) is -3.83. The SMILES string of the molecule is Cc1nc(CNS(=O)(=O)c2cc(CO)ccc2Cl)no1. The molecule has 1 aromatic carbocycles. The molecule has 2 N–H and O–H groups in total. The molecule has 0 saturated carbocycles. The van der Waals surface area contributed by atoms with Gasteiger partial charge in [-0.1, -0.05) is 22.8 Å². The van der Waals surface area contributed by atoms with Gasteiger partial charge in [0.05, 0.1) is 18.2 Å². The predicted molar refractivity (Wildman–Crippen MR) is 70.4 cm³/mol. The summed E-state index contributed by atoms with van der Waals surface area (Å²) in [5.41, 5.74) is 0.449. The molecule has 0 aliphatic rings. The molecular formula is C11H12ClN3O4S. The molecule has 0 bridgehead atoms. The van der Waals surface area contributed by atoms with Crippen molar-refractivity contribution in [2.24, 2.45) is 0 Å². The maximum Gasteiger partial charge on any atom is 0.242 e. The minimum absolute atomic E-state index is 0.0685. The van der Waals surface area contributed by atoms with Crippen LogP contribution in [-0.4, -0.2) is 23.7 Å². The van der Waals surface area contributed by atoms with Crippen molar-refractivity contribution in [2.75, 3.05) is 0 Å². The molecule has 0 radical (unpaired) electrons. The molecule has 0 saturated heterocycles. The molecule has 20 heavy (non-hydrogen) atoms. The van der Waals surface area contributed by atoms with Crippen LogP contribution < -0.4 is 4.72 Å². The van der Waals surface area contributed by atoms with E-state index in [0.29, 0.717) is 11.5 Å². The van der Waals surface area contributed by atoms with Crippen molar-refractivity contribution in [1.29, 1.82) is 0 Å². The molecule has 0 unspecified atom stereocenters. The zero-order valence-corrected chi connectivity index (χ0v) is 12.1. The lowest BCUT2D eigenvalue weighted by Gasteiger charge is -2.08. The van der Waals surface area contributed by atoms with Gasteiger partial charge in [-0.25, -0.2) is 13.1 Å². The Morgan fingerprint density at radius 2 is 2.20 bits per heavy atom. The number of hydrogen-bond acceptors (Lipinski definition) is 6. The lowest BCUT2D eigenvalue weighted by Crippen LogP contribution is -2.24. The minimum Gasteiger partial charge on any atom is -0.392 e. The maximum atomic E-state index is 12.1. The van der Waals surface area contributed by atoms with E-state index in [1.165, 1.54) is 12.1 Å². The fraction of sp³-hybridized carbons (Fsp3) is 0.273. The van der Waals surface area contributed by atoms with E-state index in [-0.39, 0.29) is 28.9 Å². The zero-order chi connectivity index (χ0) is 14.8. The van der Waals surface area contributed by atoms with Crippen molar-refractivity contribution in [3.63, 3.8) is 0 Å². The lowest BCUT2D eigenvalue weighted by atomic mass is 10.2. The van der Waals surface area contributed by atoms with E-state index in [2.05, 4.69) is 14.9 Å². The molecule has 0 aliphatic carbocycles. The smallest absolute Gasteiger partial charge is 0.242 e. The Kier molecular flexibility index (Phi) is 4.39. The van der Waals surface area contributed by atoms with Crippen LogP contribution in [0.15, 0.2) is 27.6 Å². The zero-order valence-electron chi connectivity index (χ0n) is 10.5. The van der Waals surface area contributed by atoms with Gasteiger partial charge in [0.15, 0.2) is 5.82 Å². The number of rotatable bonds is 5. The van der Waals surface area contributed by atoms with Gasteiger partial charge < -0.3 is 9.63 Å². The van der Waals surface area contributed by atoms with Gasteiger partial charge in [0.1, 0.15) is 4.90 Å². The van der Waals surface area contributed by atoms with Crippen LogP contribution in [0, 0.1) is 6.92 Å². The van der Waals surface area contributed by atoms with Crippen LogP contribution in [0.3, 0.4) is 0 Å². The van der Waals surface area contributed by atoms with E-state index in [4.69, 9.17) is 21.2 Å². The third-order valence-electron chi connectivity index (χ3n) is 2.46. The van der Waals surface area contributed by atoms with Gasteiger partial charge in [-0.05, 0) is 17.7 Å². The second kappa shape index (κ2) is 5.88. The van der Waals surface area contributed by atoms with E-state index < -0.39 is 10.0 Å². The first-order chi connectivity index (χ1) is 9.42. The van der Waals surface area contributed by atoms with Crippen LogP contribution in [0.1, 0.15) is 17.3 Å². The standard InChI is InChI=1S/C11H12ClN3O4S/c1-7-14-11(15-19-7)5-13-20(17,18)10-4-8(6-16)2-3-9(10)12/h2-4,13,16H,5-6H2,1H3. The topological polar surface area (TPSA) is 105 Å². The quantitative estimate of drug-likeness (QED) is 0.852. The van der Waals surface area contributed by atoms with Gasteiger partial charge in [-0.15, -0.1) is 0 Å². The van der Waals surface area contributed by atoms with Gasteiger partial charge >= 0.3 is 0 Å². The molecule has 0 spiro atoms. The molecule has 9 heteroatoms. The largest absolute Gasteiger partial charge is 0.392 e. The molecule has 1 aromatic heterocycles. The monoisotopic (exact) mass is 317 g/mol. The number of halogens is 1. The summed E-state index contributed by atoms with van der Waals surface area (Å²) in [6, 6.07) is 4.27. The second-order valence-electron chi connectivity index (χ2n) is 3.98.